The molecule has 1 aliphatic rings. The van der Waals surface area contributed by atoms with Gasteiger partial charge in [0.05, 0.1) is 35.6 Å². The van der Waals surface area contributed by atoms with E-state index in [1.54, 1.807) is 0 Å². The maximum atomic E-state index is 11.2. The van der Waals surface area contributed by atoms with Crippen molar-refractivity contribution in [3.8, 4) is 11.3 Å². The van der Waals surface area contributed by atoms with Crippen molar-refractivity contribution in [1.82, 2.24) is 4.98 Å². The van der Waals surface area contributed by atoms with Gasteiger partial charge in [0.15, 0.2) is 0 Å². The summed E-state index contributed by atoms with van der Waals surface area (Å²) in [6, 6.07) is 9.17. The fourth-order valence-electron chi connectivity index (χ4n) is 2.44. The van der Waals surface area contributed by atoms with Gasteiger partial charge < -0.3 is 14.6 Å². The Morgan fingerprint density at radius 2 is 2.30 bits per heavy atom. The zero-order valence-corrected chi connectivity index (χ0v) is 13.1. The summed E-state index contributed by atoms with van der Waals surface area (Å²) in [5, 5.41) is 9.28. The first-order chi connectivity index (χ1) is 11.1. The van der Waals surface area contributed by atoms with Gasteiger partial charge in [-0.05, 0) is 24.1 Å². The fraction of sp³-hybridized carbons (Fsp3) is 0.294. The van der Waals surface area contributed by atoms with E-state index in [2.05, 4.69) is 4.98 Å². The molecule has 1 saturated heterocycles. The lowest BCUT2D eigenvalue weighted by Gasteiger charge is -2.11. The molecule has 0 bridgehead atoms. The zero-order valence-electron chi connectivity index (χ0n) is 12.4. The van der Waals surface area contributed by atoms with E-state index in [1.807, 2.05) is 24.3 Å². The summed E-state index contributed by atoms with van der Waals surface area (Å²) >= 11 is 5.86. The number of hydrogen-bond donors (Lipinski definition) is 1. The Hall–Kier alpha value is -1.95. The van der Waals surface area contributed by atoms with E-state index in [0.717, 1.165) is 24.2 Å². The minimum absolute atomic E-state index is 0.0430. The topological polar surface area (TPSA) is 68.7 Å². The number of hydrogen-bond acceptors (Lipinski definition) is 4. The van der Waals surface area contributed by atoms with Crippen LogP contribution in [0.2, 0.25) is 5.02 Å². The van der Waals surface area contributed by atoms with E-state index in [1.165, 1.54) is 12.3 Å². The van der Waals surface area contributed by atoms with Crippen LogP contribution in [0, 0.1) is 0 Å². The summed E-state index contributed by atoms with van der Waals surface area (Å²) in [4.78, 5) is 15.4. The number of halogens is 1. The first kappa shape index (κ1) is 15.9. The highest BCUT2D eigenvalue weighted by Gasteiger charge is 2.16. The third-order valence-corrected chi connectivity index (χ3v) is 3.98. The van der Waals surface area contributed by atoms with Gasteiger partial charge in [0.1, 0.15) is 0 Å². The van der Waals surface area contributed by atoms with E-state index in [4.69, 9.17) is 26.2 Å². The maximum absolute atomic E-state index is 11.2. The van der Waals surface area contributed by atoms with Gasteiger partial charge in [-0.2, -0.15) is 0 Å². The molecule has 1 aliphatic heterocycles. The SMILES string of the molecule is O=C(O)c1cc(-c2cccc(COC3CCOC3)c2)ncc1Cl. The fourth-order valence-corrected chi connectivity index (χ4v) is 2.62. The van der Waals surface area contributed by atoms with E-state index in [9.17, 15) is 4.79 Å². The molecule has 1 fully saturated rings. The molecule has 1 N–H and O–H groups in total. The quantitative estimate of drug-likeness (QED) is 0.908. The number of ether oxygens (including phenoxy) is 2. The summed E-state index contributed by atoms with van der Waals surface area (Å²) in [6.07, 6.45) is 2.42. The predicted molar refractivity (Wildman–Crippen MR) is 85.7 cm³/mol. The monoisotopic (exact) mass is 333 g/mol. The Balaban J connectivity index is 1.79. The molecule has 0 radical (unpaired) electrons. The predicted octanol–water partition coefficient (Wildman–Crippen LogP) is 3.41. The molecule has 1 unspecified atom stereocenters. The number of aromatic nitrogens is 1. The average molecular weight is 334 g/mol. The Labute approximate surface area is 138 Å². The number of benzene rings is 1. The molecule has 0 amide bonds. The van der Waals surface area contributed by atoms with Gasteiger partial charge in [0, 0.05) is 18.4 Å². The van der Waals surface area contributed by atoms with Gasteiger partial charge in [0.25, 0.3) is 0 Å². The summed E-state index contributed by atoms with van der Waals surface area (Å²) in [5.41, 5.74) is 2.44. The average Bonchev–Trinajstić information content (AvgIpc) is 3.07. The number of pyridine rings is 1. The molecule has 2 aromatic rings. The maximum Gasteiger partial charge on any atom is 0.337 e. The Bertz CT molecular complexity index is 713. The highest BCUT2D eigenvalue weighted by molar-refractivity contribution is 6.33. The molecular weight excluding hydrogens is 318 g/mol. The van der Waals surface area contributed by atoms with E-state index in [-0.39, 0.29) is 16.7 Å². The Morgan fingerprint density at radius 3 is 3.04 bits per heavy atom. The van der Waals surface area contributed by atoms with Gasteiger partial charge in [-0.1, -0.05) is 29.8 Å². The number of carboxylic acid groups (broad SMARTS) is 1. The lowest BCUT2D eigenvalue weighted by atomic mass is 10.1. The van der Waals surface area contributed by atoms with Crippen LogP contribution in [-0.4, -0.2) is 35.4 Å². The number of nitrogens with zero attached hydrogens (tertiary/aromatic N) is 1. The highest BCUT2D eigenvalue weighted by Crippen LogP contribution is 2.24. The smallest absolute Gasteiger partial charge is 0.337 e. The second-order valence-corrected chi connectivity index (χ2v) is 5.76. The molecule has 1 atom stereocenters. The van der Waals surface area contributed by atoms with Gasteiger partial charge in [-0.15, -0.1) is 0 Å². The molecule has 3 rings (SSSR count). The van der Waals surface area contributed by atoms with Crippen LogP contribution in [0.15, 0.2) is 36.5 Å². The van der Waals surface area contributed by atoms with Crippen LogP contribution in [0.25, 0.3) is 11.3 Å². The van der Waals surface area contributed by atoms with Crippen molar-refractivity contribution < 1.29 is 19.4 Å². The van der Waals surface area contributed by atoms with Gasteiger partial charge in [0.2, 0.25) is 0 Å². The molecule has 1 aromatic heterocycles. The largest absolute Gasteiger partial charge is 0.478 e. The number of carboxylic acids is 1. The van der Waals surface area contributed by atoms with Crippen molar-refractivity contribution in [3.05, 3.63) is 52.7 Å². The zero-order chi connectivity index (χ0) is 16.2. The lowest BCUT2D eigenvalue weighted by Crippen LogP contribution is -2.11. The molecular formula is C17H16ClNO4. The van der Waals surface area contributed by atoms with Crippen molar-refractivity contribution in [2.24, 2.45) is 0 Å². The van der Waals surface area contributed by atoms with Gasteiger partial charge in [-0.3, -0.25) is 4.98 Å². The first-order valence-corrected chi connectivity index (χ1v) is 7.69. The number of rotatable bonds is 5. The van der Waals surface area contributed by atoms with Crippen LogP contribution in [0.1, 0.15) is 22.3 Å². The standard InChI is InChI=1S/C17H16ClNO4/c18-15-8-19-16(7-14(15)17(20)21)12-3-1-2-11(6-12)9-23-13-4-5-22-10-13/h1-3,6-8,13H,4-5,9-10H2,(H,20,21). The third kappa shape index (κ3) is 3.88. The molecule has 0 saturated carbocycles. The summed E-state index contributed by atoms with van der Waals surface area (Å²) < 4.78 is 11.1. The minimum atomic E-state index is -1.07. The number of aromatic carboxylic acids is 1. The Kier molecular flexibility index (Phi) is 4.91. The summed E-state index contributed by atoms with van der Waals surface area (Å²) in [7, 11) is 0. The second-order valence-electron chi connectivity index (χ2n) is 5.35. The lowest BCUT2D eigenvalue weighted by molar-refractivity contribution is 0.0318. The normalized spacial score (nSPS) is 17.3. The molecule has 1 aromatic carbocycles. The van der Waals surface area contributed by atoms with Crippen LogP contribution in [0.3, 0.4) is 0 Å². The highest BCUT2D eigenvalue weighted by atomic mass is 35.5. The van der Waals surface area contributed by atoms with Crippen LogP contribution >= 0.6 is 11.6 Å². The van der Waals surface area contributed by atoms with Crippen LogP contribution in [-0.2, 0) is 16.1 Å². The minimum Gasteiger partial charge on any atom is -0.478 e. The van der Waals surface area contributed by atoms with Crippen molar-refractivity contribution in [2.75, 3.05) is 13.2 Å². The van der Waals surface area contributed by atoms with Crippen molar-refractivity contribution in [1.29, 1.82) is 0 Å². The summed E-state index contributed by atoms with van der Waals surface area (Å²) in [6.45, 7) is 1.87. The number of carbonyl (C=O) groups is 1. The van der Waals surface area contributed by atoms with E-state index in [0.29, 0.717) is 18.9 Å². The van der Waals surface area contributed by atoms with Gasteiger partial charge in [-0.25, -0.2) is 4.79 Å². The van der Waals surface area contributed by atoms with Crippen LogP contribution < -0.4 is 0 Å². The molecule has 120 valence electrons. The van der Waals surface area contributed by atoms with Crippen molar-refractivity contribution in [2.45, 2.75) is 19.1 Å². The van der Waals surface area contributed by atoms with Crippen LogP contribution in [0.4, 0.5) is 0 Å². The Morgan fingerprint density at radius 1 is 1.43 bits per heavy atom. The van der Waals surface area contributed by atoms with Crippen molar-refractivity contribution >= 4 is 17.6 Å². The van der Waals surface area contributed by atoms with E-state index < -0.39 is 5.97 Å². The second kappa shape index (κ2) is 7.08. The summed E-state index contributed by atoms with van der Waals surface area (Å²) in [5.74, 6) is -1.07. The molecule has 5 nitrogen and oxygen atoms in total. The molecule has 2 heterocycles. The molecule has 6 heteroatoms. The van der Waals surface area contributed by atoms with Crippen LogP contribution in [0.5, 0.6) is 0 Å². The van der Waals surface area contributed by atoms with Crippen molar-refractivity contribution in [3.63, 3.8) is 0 Å². The molecule has 23 heavy (non-hydrogen) atoms. The van der Waals surface area contributed by atoms with Gasteiger partial charge >= 0.3 is 5.97 Å². The molecule has 0 spiro atoms. The van der Waals surface area contributed by atoms with E-state index >= 15 is 0 Å². The molecule has 0 aliphatic carbocycles. The first-order valence-electron chi connectivity index (χ1n) is 7.31. The third-order valence-electron chi connectivity index (χ3n) is 3.68.